The van der Waals surface area contributed by atoms with Crippen LogP contribution >= 0.6 is 0 Å². The first kappa shape index (κ1) is 23.8. The van der Waals surface area contributed by atoms with E-state index in [-0.39, 0.29) is 22.5 Å². The van der Waals surface area contributed by atoms with E-state index in [0.29, 0.717) is 17.1 Å². The highest BCUT2D eigenvalue weighted by atomic mass is 16.5. The molecule has 3 aromatic rings. The molecule has 0 saturated heterocycles. The van der Waals surface area contributed by atoms with Crippen LogP contribution in [0, 0.1) is 0 Å². The van der Waals surface area contributed by atoms with E-state index in [1.807, 2.05) is 12.1 Å². The van der Waals surface area contributed by atoms with E-state index in [9.17, 15) is 9.59 Å². The highest BCUT2D eigenvalue weighted by Gasteiger charge is 2.17. The van der Waals surface area contributed by atoms with Crippen molar-refractivity contribution in [1.29, 1.82) is 0 Å². The Morgan fingerprint density at radius 2 is 1.45 bits per heavy atom. The second kappa shape index (κ2) is 10.2. The third-order valence-electron chi connectivity index (χ3n) is 5.18. The third kappa shape index (κ3) is 5.89. The number of rotatable bonds is 7. The first-order valence-corrected chi connectivity index (χ1v) is 10.6. The van der Waals surface area contributed by atoms with Crippen LogP contribution in [0.15, 0.2) is 72.8 Å². The van der Waals surface area contributed by atoms with Gasteiger partial charge in [-0.3, -0.25) is 4.79 Å². The number of para-hydroxylation sites is 1. The van der Waals surface area contributed by atoms with Gasteiger partial charge in [-0.25, -0.2) is 4.79 Å². The minimum Gasteiger partial charge on any atom is -0.493 e. The summed E-state index contributed by atoms with van der Waals surface area (Å²) >= 11 is 0. The smallest absolute Gasteiger partial charge is 0.343 e. The normalized spacial score (nSPS) is 11.3. The fourth-order valence-electron chi connectivity index (χ4n) is 3.24. The van der Waals surface area contributed by atoms with E-state index in [2.05, 4.69) is 32.9 Å². The summed E-state index contributed by atoms with van der Waals surface area (Å²) in [5, 5.41) is 0. The summed E-state index contributed by atoms with van der Waals surface area (Å²) in [6, 6.07) is 19.5. The Balaban J connectivity index is 1.78. The first-order valence-electron chi connectivity index (χ1n) is 10.6. The van der Waals surface area contributed by atoms with Gasteiger partial charge < -0.3 is 14.2 Å². The van der Waals surface area contributed by atoms with Crippen LogP contribution in [0.2, 0.25) is 0 Å². The van der Waals surface area contributed by atoms with Gasteiger partial charge in [0, 0.05) is 0 Å². The number of benzene rings is 3. The molecule has 5 nitrogen and oxygen atoms in total. The molecule has 0 N–H and O–H groups in total. The van der Waals surface area contributed by atoms with Gasteiger partial charge in [-0.05, 0) is 52.9 Å². The van der Waals surface area contributed by atoms with Crippen molar-refractivity contribution >= 4 is 17.8 Å². The molecule has 0 saturated carbocycles. The Kier molecular flexibility index (Phi) is 7.34. The number of esters is 1. The highest BCUT2D eigenvalue weighted by Crippen LogP contribution is 2.29. The molecule has 0 aliphatic rings. The number of hydrogen-bond donors (Lipinski definition) is 0. The summed E-state index contributed by atoms with van der Waals surface area (Å²) in [5.41, 5.74) is 2.78. The lowest BCUT2D eigenvalue weighted by atomic mass is 9.87. The van der Waals surface area contributed by atoms with Crippen LogP contribution < -0.4 is 14.2 Å². The number of allylic oxidation sites excluding steroid dienone is 1. The maximum absolute atomic E-state index is 12.9. The van der Waals surface area contributed by atoms with Crippen LogP contribution in [0.4, 0.5) is 0 Å². The molecular formula is C28H28O5. The van der Waals surface area contributed by atoms with Crippen molar-refractivity contribution < 1.29 is 23.8 Å². The SMILES string of the molecule is COc1ccc(C(=O)Oc2ccccc2C(=O)/C=C/c2ccc(C(C)(C)C)cc2)cc1OC. The molecule has 0 bridgehead atoms. The van der Waals surface area contributed by atoms with Gasteiger partial charge in [0.2, 0.25) is 0 Å². The average Bonchev–Trinajstić information content (AvgIpc) is 2.82. The van der Waals surface area contributed by atoms with Crippen LogP contribution in [0.25, 0.3) is 6.08 Å². The van der Waals surface area contributed by atoms with Crippen LogP contribution in [0.3, 0.4) is 0 Å². The van der Waals surface area contributed by atoms with Crippen molar-refractivity contribution in [3.63, 3.8) is 0 Å². The quantitative estimate of drug-likeness (QED) is 0.190. The van der Waals surface area contributed by atoms with E-state index in [4.69, 9.17) is 14.2 Å². The Morgan fingerprint density at radius 3 is 2.09 bits per heavy atom. The van der Waals surface area contributed by atoms with Crippen molar-refractivity contribution in [1.82, 2.24) is 0 Å². The summed E-state index contributed by atoms with van der Waals surface area (Å²) in [4.78, 5) is 25.6. The Bertz CT molecular complexity index is 1170. The average molecular weight is 445 g/mol. The van der Waals surface area contributed by atoms with Crippen molar-refractivity contribution in [3.8, 4) is 17.2 Å². The summed E-state index contributed by atoms with van der Waals surface area (Å²) in [7, 11) is 3.01. The molecule has 3 aromatic carbocycles. The van der Waals surface area contributed by atoms with Crippen molar-refractivity contribution in [3.05, 3.63) is 95.1 Å². The molecule has 170 valence electrons. The van der Waals surface area contributed by atoms with Gasteiger partial charge in [-0.15, -0.1) is 0 Å². The summed E-state index contributed by atoms with van der Waals surface area (Å²) < 4.78 is 16.0. The fraction of sp³-hybridized carbons (Fsp3) is 0.214. The minimum atomic E-state index is -0.599. The zero-order valence-electron chi connectivity index (χ0n) is 19.5. The molecular weight excluding hydrogens is 416 g/mol. The Labute approximate surface area is 194 Å². The number of hydrogen-bond acceptors (Lipinski definition) is 5. The largest absolute Gasteiger partial charge is 0.493 e. The van der Waals surface area contributed by atoms with Gasteiger partial charge in [-0.1, -0.05) is 63.2 Å². The molecule has 0 atom stereocenters. The molecule has 0 amide bonds. The van der Waals surface area contributed by atoms with Gasteiger partial charge in [0.15, 0.2) is 17.3 Å². The van der Waals surface area contributed by atoms with Crippen LogP contribution in [-0.4, -0.2) is 26.0 Å². The summed E-state index contributed by atoms with van der Waals surface area (Å²) in [6.45, 7) is 6.46. The topological polar surface area (TPSA) is 61.8 Å². The Hall–Kier alpha value is -3.86. The molecule has 3 rings (SSSR count). The number of methoxy groups -OCH3 is 2. The predicted octanol–water partition coefficient (Wildman–Crippen LogP) is 6.12. The lowest BCUT2D eigenvalue weighted by molar-refractivity contribution is 0.0732. The van der Waals surface area contributed by atoms with Gasteiger partial charge >= 0.3 is 5.97 Å². The van der Waals surface area contributed by atoms with Crippen molar-refractivity contribution in [2.45, 2.75) is 26.2 Å². The predicted molar refractivity (Wildman–Crippen MR) is 129 cm³/mol. The molecule has 5 heteroatoms. The molecule has 0 fully saturated rings. The lowest BCUT2D eigenvalue weighted by Gasteiger charge is -2.18. The fourth-order valence-corrected chi connectivity index (χ4v) is 3.24. The molecule has 33 heavy (non-hydrogen) atoms. The van der Waals surface area contributed by atoms with E-state index in [1.165, 1.54) is 31.9 Å². The monoisotopic (exact) mass is 444 g/mol. The first-order chi connectivity index (χ1) is 15.7. The van der Waals surface area contributed by atoms with E-state index >= 15 is 0 Å². The van der Waals surface area contributed by atoms with Crippen LogP contribution in [0.5, 0.6) is 17.2 Å². The van der Waals surface area contributed by atoms with Gasteiger partial charge in [-0.2, -0.15) is 0 Å². The van der Waals surface area contributed by atoms with E-state index < -0.39 is 5.97 Å². The van der Waals surface area contributed by atoms with Gasteiger partial charge in [0.25, 0.3) is 0 Å². The molecule has 0 heterocycles. The van der Waals surface area contributed by atoms with Crippen LogP contribution in [-0.2, 0) is 5.41 Å². The molecule has 0 aliphatic heterocycles. The molecule has 0 aromatic heterocycles. The van der Waals surface area contributed by atoms with E-state index in [1.54, 1.807) is 42.5 Å². The molecule has 0 spiro atoms. The maximum Gasteiger partial charge on any atom is 0.343 e. The van der Waals surface area contributed by atoms with Crippen LogP contribution in [0.1, 0.15) is 52.6 Å². The van der Waals surface area contributed by atoms with Gasteiger partial charge in [0.05, 0.1) is 25.3 Å². The lowest BCUT2D eigenvalue weighted by Crippen LogP contribution is -2.11. The van der Waals surface area contributed by atoms with Gasteiger partial charge in [0.1, 0.15) is 5.75 Å². The zero-order valence-corrected chi connectivity index (χ0v) is 19.5. The summed E-state index contributed by atoms with van der Waals surface area (Å²) in [6.07, 6.45) is 3.23. The molecule has 0 radical (unpaired) electrons. The number of carbonyl (C=O) groups excluding carboxylic acids is 2. The van der Waals surface area contributed by atoms with Crippen molar-refractivity contribution in [2.75, 3.05) is 14.2 Å². The number of carbonyl (C=O) groups is 2. The second-order valence-electron chi connectivity index (χ2n) is 8.53. The van der Waals surface area contributed by atoms with E-state index in [0.717, 1.165) is 5.56 Å². The van der Waals surface area contributed by atoms with Crippen molar-refractivity contribution in [2.24, 2.45) is 0 Å². The molecule has 0 unspecified atom stereocenters. The summed E-state index contributed by atoms with van der Waals surface area (Å²) in [5.74, 6) is 0.251. The standard InChI is InChI=1S/C28H28O5/c1-28(2,3)21-14-10-19(11-15-21)12-16-23(29)22-8-6-7-9-24(22)33-27(30)20-13-17-25(31-4)26(18-20)32-5/h6-18H,1-5H3/b16-12+. The number of ether oxygens (including phenoxy) is 3. The molecule has 0 aliphatic carbocycles. The zero-order chi connectivity index (χ0) is 24.0. The minimum absolute atomic E-state index is 0.0643. The highest BCUT2D eigenvalue weighted by molar-refractivity contribution is 6.09. The maximum atomic E-state index is 12.9. The second-order valence-corrected chi connectivity index (χ2v) is 8.53. The Morgan fingerprint density at radius 1 is 0.788 bits per heavy atom. The third-order valence-corrected chi connectivity index (χ3v) is 5.18. The number of ketones is 1.